The molecule has 2 aromatic carbocycles. The van der Waals surface area contributed by atoms with Crippen LogP contribution in [0.15, 0.2) is 47.4 Å². The van der Waals surface area contributed by atoms with Crippen LogP contribution in [0.3, 0.4) is 0 Å². The fourth-order valence-electron chi connectivity index (χ4n) is 3.04. The minimum atomic E-state index is -3.59. The Balaban J connectivity index is 1.76. The standard InChI is InChI=1S/C18H18FN3O5S/c1-28(26,27)14-6-7-15(17(10-14)22(24)25)20-16-8-9-21(18(16)23)11-12-2-4-13(19)5-3-12/h2-7,10,16,20H,8-9,11H2,1H3. The van der Waals surface area contributed by atoms with E-state index < -0.39 is 26.5 Å². The number of amides is 1. The second-order valence-electron chi connectivity index (χ2n) is 6.58. The smallest absolute Gasteiger partial charge is 0.293 e. The van der Waals surface area contributed by atoms with Crippen LogP contribution < -0.4 is 5.32 Å². The molecule has 28 heavy (non-hydrogen) atoms. The van der Waals surface area contributed by atoms with E-state index in [9.17, 15) is 27.7 Å². The Morgan fingerprint density at radius 2 is 1.93 bits per heavy atom. The van der Waals surface area contributed by atoms with Crippen molar-refractivity contribution in [3.63, 3.8) is 0 Å². The van der Waals surface area contributed by atoms with Crippen molar-refractivity contribution in [2.24, 2.45) is 0 Å². The summed E-state index contributed by atoms with van der Waals surface area (Å²) in [5.74, 6) is -0.591. The summed E-state index contributed by atoms with van der Waals surface area (Å²) in [6.45, 7) is 0.759. The number of nitro benzene ring substituents is 1. The number of rotatable bonds is 6. The van der Waals surface area contributed by atoms with E-state index in [4.69, 9.17) is 0 Å². The Hall–Kier alpha value is -3.01. The van der Waals surface area contributed by atoms with Crippen molar-refractivity contribution in [2.75, 3.05) is 18.1 Å². The highest BCUT2D eigenvalue weighted by Crippen LogP contribution is 2.30. The highest BCUT2D eigenvalue weighted by atomic mass is 32.2. The second kappa shape index (κ2) is 7.55. The van der Waals surface area contributed by atoms with Crippen molar-refractivity contribution in [3.8, 4) is 0 Å². The number of nitro groups is 1. The predicted molar refractivity (Wildman–Crippen MR) is 100 cm³/mol. The molecule has 1 fully saturated rings. The monoisotopic (exact) mass is 407 g/mol. The molecule has 0 aromatic heterocycles. The molecule has 0 spiro atoms. The fourth-order valence-corrected chi connectivity index (χ4v) is 3.68. The first kappa shape index (κ1) is 19.7. The second-order valence-corrected chi connectivity index (χ2v) is 8.60. The van der Waals surface area contributed by atoms with E-state index in [-0.39, 0.29) is 22.3 Å². The van der Waals surface area contributed by atoms with Gasteiger partial charge in [-0.15, -0.1) is 0 Å². The van der Waals surface area contributed by atoms with Gasteiger partial charge in [0.1, 0.15) is 17.5 Å². The Bertz CT molecular complexity index is 1020. The lowest BCUT2D eigenvalue weighted by atomic mass is 10.2. The van der Waals surface area contributed by atoms with Crippen LogP contribution in [-0.4, -0.2) is 43.0 Å². The largest absolute Gasteiger partial charge is 0.368 e. The molecule has 1 amide bonds. The van der Waals surface area contributed by atoms with E-state index in [1.165, 1.54) is 24.3 Å². The van der Waals surface area contributed by atoms with Crippen molar-refractivity contribution in [3.05, 3.63) is 64.0 Å². The molecule has 0 bridgehead atoms. The van der Waals surface area contributed by atoms with E-state index >= 15 is 0 Å². The minimum Gasteiger partial charge on any atom is -0.368 e. The molecule has 1 unspecified atom stereocenters. The summed E-state index contributed by atoms with van der Waals surface area (Å²) in [6, 6.07) is 8.70. The third kappa shape index (κ3) is 4.28. The first-order valence-electron chi connectivity index (χ1n) is 8.43. The SMILES string of the molecule is CS(=O)(=O)c1ccc(NC2CCN(Cc3ccc(F)cc3)C2=O)c([N+](=O)[O-])c1. The number of benzene rings is 2. The summed E-state index contributed by atoms with van der Waals surface area (Å²) in [7, 11) is -3.59. The molecule has 1 heterocycles. The minimum absolute atomic E-state index is 0.0828. The maximum Gasteiger partial charge on any atom is 0.293 e. The molecule has 10 heteroatoms. The van der Waals surface area contributed by atoms with Crippen molar-refractivity contribution in [2.45, 2.75) is 23.9 Å². The summed E-state index contributed by atoms with van der Waals surface area (Å²) in [5.41, 5.74) is 0.450. The third-order valence-corrected chi connectivity index (χ3v) is 5.62. The fraction of sp³-hybridized carbons (Fsp3) is 0.278. The van der Waals surface area contributed by atoms with Crippen LogP contribution >= 0.6 is 0 Å². The zero-order chi connectivity index (χ0) is 20.5. The Morgan fingerprint density at radius 3 is 2.54 bits per heavy atom. The van der Waals surface area contributed by atoms with E-state index in [1.807, 2.05) is 0 Å². The lowest BCUT2D eigenvalue weighted by Gasteiger charge is -2.18. The molecule has 1 N–H and O–H groups in total. The number of nitrogens with zero attached hydrogens (tertiary/aromatic N) is 2. The first-order chi connectivity index (χ1) is 13.1. The molecule has 0 saturated carbocycles. The van der Waals surface area contributed by atoms with E-state index in [1.54, 1.807) is 17.0 Å². The zero-order valence-electron chi connectivity index (χ0n) is 15.0. The first-order valence-corrected chi connectivity index (χ1v) is 10.3. The van der Waals surface area contributed by atoms with Crippen molar-refractivity contribution >= 4 is 27.1 Å². The Morgan fingerprint density at radius 1 is 1.25 bits per heavy atom. The van der Waals surface area contributed by atoms with Crippen LogP contribution in [0.1, 0.15) is 12.0 Å². The molecule has 3 rings (SSSR count). The molecular formula is C18H18FN3O5S. The van der Waals surface area contributed by atoms with Crippen LogP contribution in [0.2, 0.25) is 0 Å². The Kier molecular flexibility index (Phi) is 5.32. The number of hydrogen-bond donors (Lipinski definition) is 1. The topological polar surface area (TPSA) is 110 Å². The summed E-state index contributed by atoms with van der Waals surface area (Å²) < 4.78 is 36.3. The number of carbonyl (C=O) groups is 1. The number of carbonyl (C=O) groups excluding carboxylic acids is 1. The average molecular weight is 407 g/mol. The van der Waals surface area contributed by atoms with Gasteiger partial charge in [-0.1, -0.05) is 12.1 Å². The summed E-state index contributed by atoms with van der Waals surface area (Å²) in [4.78, 5) is 24.7. The van der Waals surface area contributed by atoms with Gasteiger partial charge < -0.3 is 10.2 Å². The van der Waals surface area contributed by atoms with Gasteiger partial charge in [-0.25, -0.2) is 12.8 Å². The van der Waals surface area contributed by atoms with Crippen LogP contribution in [0.25, 0.3) is 0 Å². The molecule has 0 radical (unpaired) electrons. The number of halogens is 1. The highest BCUT2D eigenvalue weighted by Gasteiger charge is 2.33. The van der Waals surface area contributed by atoms with Gasteiger partial charge in [0.25, 0.3) is 5.69 Å². The summed E-state index contributed by atoms with van der Waals surface area (Å²) >= 11 is 0. The molecule has 1 atom stereocenters. The van der Waals surface area contributed by atoms with Crippen LogP contribution in [0.4, 0.5) is 15.8 Å². The Labute approximate surface area is 161 Å². The van der Waals surface area contributed by atoms with E-state index in [2.05, 4.69) is 5.32 Å². The van der Waals surface area contributed by atoms with Gasteiger partial charge >= 0.3 is 0 Å². The molecular weight excluding hydrogens is 389 g/mol. The van der Waals surface area contributed by atoms with Crippen LogP contribution in [0, 0.1) is 15.9 Å². The van der Waals surface area contributed by atoms with Crippen molar-refractivity contribution in [1.82, 2.24) is 4.90 Å². The van der Waals surface area contributed by atoms with Crippen molar-refractivity contribution < 1.29 is 22.5 Å². The van der Waals surface area contributed by atoms with Gasteiger partial charge in [-0.2, -0.15) is 0 Å². The molecule has 1 aliphatic heterocycles. The van der Waals surface area contributed by atoms with Gasteiger partial charge in [0.05, 0.1) is 9.82 Å². The van der Waals surface area contributed by atoms with Crippen LogP contribution in [-0.2, 0) is 21.2 Å². The molecule has 1 saturated heterocycles. The lowest BCUT2D eigenvalue weighted by molar-refractivity contribution is -0.384. The van der Waals surface area contributed by atoms with E-state index in [0.717, 1.165) is 17.9 Å². The highest BCUT2D eigenvalue weighted by molar-refractivity contribution is 7.90. The average Bonchev–Trinajstić information content (AvgIpc) is 2.96. The number of sulfone groups is 1. The molecule has 1 aliphatic rings. The van der Waals surface area contributed by atoms with E-state index in [0.29, 0.717) is 19.5 Å². The molecule has 148 valence electrons. The zero-order valence-corrected chi connectivity index (χ0v) is 15.8. The maximum atomic E-state index is 13.0. The van der Waals surface area contributed by atoms with Gasteiger partial charge in [0, 0.05) is 25.4 Å². The molecule has 2 aromatic rings. The summed E-state index contributed by atoms with van der Waals surface area (Å²) in [5, 5.41) is 14.2. The summed E-state index contributed by atoms with van der Waals surface area (Å²) in [6.07, 6.45) is 1.40. The third-order valence-electron chi connectivity index (χ3n) is 4.51. The van der Waals surface area contributed by atoms with Crippen LogP contribution in [0.5, 0.6) is 0 Å². The van der Waals surface area contributed by atoms with Gasteiger partial charge in [-0.05, 0) is 36.2 Å². The number of anilines is 1. The lowest BCUT2D eigenvalue weighted by Crippen LogP contribution is -2.33. The molecule has 8 nitrogen and oxygen atoms in total. The van der Waals surface area contributed by atoms with Crippen molar-refractivity contribution in [1.29, 1.82) is 0 Å². The quantitative estimate of drug-likeness (QED) is 0.581. The normalized spacial score (nSPS) is 17.0. The maximum absolute atomic E-state index is 13.0. The number of hydrogen-bond acceptors (Lipinski definition) is 6. The predicted octanol–water partition coefficient (Wildman–Crippen LogP) is 2.35. The van der Waals surface area contributed by atoms with Gasteiger partial charge in [0.2, 0.25) is 5.91 Å². The van der Waals surface area contributed by atoms with Gasteiger partial charge in [-0.3, -0.25) is 14.9 Å². The number of nitrogens with one attached hydrogen (secondary N) is 1. The number of likely N-dealkylation sites (tertiary alicyclic amines) is 1. The van der Waals surface area contributed by atoms with Gasteiger partial charge in [0.15, 0.2) is 9.84 Å². The molecule has 0 aliphatic carbocycles.